The number of carbonyl (C=O) groups excluding carboxylic acids is 4. The molecule has 5 rings (SSSR count). The highest BCUT2D eigenvalue weighted by molar-refractivity contribution is 6.02. The molecule has 2 saturated heterocycles. The fourth-order valence-corrected chi connectivity index (χ4v) is 5.72. The molecule has 3 N–H and O–H groups in total. The van der Waals surface area contributed by atoms with Crippen molar-refractivity contribution in [1.82, 2.24) is 15.1 Å². The highest BCUT2D eigenvalue weighted by Gasteiger charge is 2.55. The first-order chi connectivity index (χ1) is 17.3. The summed E-state index contributed by atoms with van der Waals surface area (Å²) in [4.78, 5) is 54.2. The molecule has 4 amide bonds. The monoisotopic (exact) mass is 490 g/mol. The molecule has 2 aromatic rings. The van der Waals surface area contributed by atoms with E-state index in [1.807, 2.05) is 61.5 Å². The Labute approximate surface area is 209 Å². The van der Waals surface area contributed by atoms with Crippen LogP contribution in [-0.2, 0) is 25.7 Å². The minimum Gasteiger partial charge on any atom is -0.468 e. The Morgan fingerprint density at radius 3 is 2.58 bits per heavy atom. The zero-order valence-corrected chi connectivity index (χ0v) is 20.2. The summed E-state index contributed by atoms with van der Waals surface area (Å²) < 4.78 is 6.23. The largest absolute Gasteiger partial charge is 0.468 e. The van der Waals surface area contributed by atoms with Gasteiger partial charge in [0.05, 0.1) is 5.92 Å². The van der Waals surface area contributed by atoms with Gasteiger partial charge in [0.1, 0.15) is 11.7 Å². The quantitative estimate of drug-likeness (QED) is 0.568. The van der Waals surface area contributed by atoms with Crippen LogP contribution in [-0.4, -0.2) is 58.8 Å². The van der Waals surface area contributed by atoms with E-state index >= 15 is 0 Å². The molecule has 0 aromatic heterocycles. The molecule has 0 unspecified atom stereocenters. The molecule has 0 spiro atoms. The van der Waals surface area contributed by atoms with Gasteiger partial charge in [0, 0.05) is 44.9 Å². The van der Waals surface area contributed by atoms with E-state index in [4.69, 9.17) is 10.5 Å². The predicted molar refractivity (Wildman–Crippen MR) is 130 cm³/mol. The number of primary amides is 1. The van der Waals surface area contributed by atoms with Crippen LogP contribution in [0.15, 0.2) is 54.6 Å². The lowest BCUT2D eigenvalue weighted by atomic mass is 9.73. The summed E-state index contributed by atoms with van der Waals surface area (Å²) in [5, 5.41) is 2.87. The number of piperidine rings is 1. The van der Waals surface area contributed by atoms with Crippen molar-refractivity contribution in [2.24, 2.45) is 17.6 Å². The van der Waals surface area contributed by atoms with Crippen molar-refractivity contribution in [1.29, 1.82) is 0 Å². The van der Waals surface area contributed by atoms with E-state index in [9.17, 15) is 19.2 Å². The van der Waals surface area contributed by atoms with Crippen molar-refractivity contribution in [2.45, 2.75) is 38.0 Å². The lowest BCUT2D eigenvalue weighted by Crippen LogP contribution is -2.65. The molecular weight excluding hydrogens is 460 g/mol. The Bertz CT molecular complexity index is 1200. The molecule has 0 saturated carbocycles. The van der Waals surface area contributed by atoms with Crippen molar-refractivity contribution in [3.05, 3.63) is 65.7 Å². The van der Waals surface area contributed by atoms with Crippen molar-refractivity contribution < 1.29 is 23.9 Å². The summed E-state index contributed by atoms with van der Waals surface area (Å²) in [5.74, 6) is -2.50. The summed E-state index contributed by atoms with van der Waals surface area (Å²) in [5.41, 5.74) is 6.53. The number of amides is 4. The first-order valence-corrected chi connectivity index (χ1v) is 12.2. The summed E-state index contributed by atoms with van der Waals surface area (Å²) in [6.07, 6.45) is 0.591. The Kier molecular flexibility index (Phi) is 6.15. The van der Waals surface area contributed by atoms with Crippen LogP contribution >= 0.6 is 0 Å². The van der Waals surface area contributed by atoms with Gasteiger partial charge in [-0.3, -0.25) is 19.2 Å². The van der Waals surface area contributed by atoms with Crippen LogP contribution < -0.4 is 15.8 Å². The fourth-order valence-electron chi connectivity index (χ4n) is 5.72. The van der Waals surface area contributed by atoms with E-state index in [0.717, 1.165) is 11.1 Å². The molecule has 4 atom stereocenters. The minimum atomic E-state index is -0.988. The zero-order valence-electron chi connectivity index (χ0n) is 20.2. The number of ether oxygens (including phenoxy) is 1. The van der Waals surface area contributed by atoms with E-state index in [-0.39, 0.29) is 37.2 Å². The highest BCUT2D eigenvalue weighted by Crippen LogP contribution is 2.49. The van der Waals surface area contributed by atoms with E-state index < -0.39 is 29.4 Å². The highest BCUT2D eigenvalue weighted by atomic mass is 16.5. The summed E-state index contributed by atoms with van der Waals surface area (Å²) in [7, 11) is 0. The van der Waals surface area contributed by atoms with Crippen LogP contribution in [0.2, 0.25) is 0 Å². The third-order valence-corrected chi connectivity index (χ3v) is 7.50. The van der Waals surface area contributed by atoms with Crippen molar-refractivity contribution in [3.8, 4) is 5.75 Å². The second kappa shape index (κ2) is 9.29. The SMILES string of the molecule is C[C@@]12C[C@@H](c3ccccc3O1)[C@H](C(N)=O)C(=O)N2CCNC(=O)[C@H]1CC(=O)N(Cc2ccccc2)C1. The van der Waals surface area contributed by atoms with Crippen LogP contribution in [0.1, 0.15) is 36.8 Å². The minimum absolute atomic E-state index is 0.0534. The van der Waals surface area contributed by atoms with Crippen LogP contribution in [0.5, 0.6) is 5.75 Å². The third-order valence-electron chi connectivity index (χ3n) is 7.50. The average molecular weight is 491 g/mol. The maximum atomic E-state index is 13.4. The van der Waals surface area contributed by atoms with Crippen molar-refractivity contribution in [3.63, 3.8) is 0 Å². The van der Waals surface area contributed by atoms with E-state index in [2.05, 4.69) is 5.32 Å². The topological polar surface area (TPSA) is 122 Å². The van der Waals surface area contributed by atoms with Gasteiger partial charge in [0.2, 0.25) is 23.6 Å². The second-order valence-electron chi connectivity index (χ2n) is 9.95. The number of rotatable bonds is 7. The zero-order chi connectivity index (χ0) is 25.4. The molecule has 188 valence electrons. The van der Waals surface area contributed by atoms with E-state index in [0.29, 0.717) is 25.3 Å². The van der Waals surface area contributed by atoms with Gasteiger partial charge >= 0.3 is 0 Å². The molecule has 2 fully saturated rings. The van der Waals surface area contributed by atoms with E-state index in [1.165, 1.54) is 4.90 Å². The van der Waals surface area contributed by atoms with Crippen LogP contribution in [0, 0.1) is 11.8 Å². The molecule has 2 aromatic carbocycles. The number of hydrogen-bond acceptors (Lipinski definition) is 5. The van der Waals surface area contributed by atoms with Crippen molar-refractivity contribution >= 4 is 23.6 Å². The number of nitrogens with two attached hydrogens (primary N) is 1. The molecule has 9 nitrogen and oxygen atoms in total. The van der Waals surface area contributed by atoms with E-state index in [1.54, 1.807) is 4.90 Å². The fraction of sp³-hybridized carbons (Fsp3) is 0.407. The molecule has 0 aliphatic carbocycles. The van der Waals surface area contributed by atoms with Gasteiger partial charge in [-0.25, -0.2) is 0 Å². The normalized spacial score (nSPS) is 26.9. The van der Waals surface area contributed by atoms with Crippen molar-refractivity contribution in [2.75, 3.05) is 19.6 Å². The first kappa shape index (κ1) is 23.8. The molecule has 3 heterocycles. The summed E-state index contributed by atoms with van der Waals surface area (Å²) in [6.45, 7) is 2.98. The molecule has 36 heavy (non-hydrogen) atoms. The maximum absolute atomic E-state index is 13.4. The standard InChI is InChI=1S/C27H30N4O5/c1-27-14-20(19-9-5-6-10-21(19)36-27)23(24(28)33)26(35)31(27)12-11-29-25(34)18-13-22(32)30(16-18)15-17-7-3-2-4-8-17/h2-10,18,20,23H,11-16H2,1H3,(H2,28,33)(H,29,34)/t18-,20-,23+,27-/m0/s1. The average Bonchev–Trinajstić information content (AvgIpc) is 3.21. The van der Waals surface area contributed by atoms with Crippen LogP contribution in [0.4, 0.5) is 0 Å². The Morgan fingerprint density at radius 1 is 1.11 bits per heavy atom. The summed E-state index contributed by atoms with van der Waals surface area (Å²) in [6, 6.07) is 17.0. The molecule has 0 radical (unpaired) electrons. The second-order valence-corrected chi connectivity index (χ2v) is 9.95. The number of benzene rings is 2. The van der Waals surface area contributed by atoms with Gasteiger partial charge in [-0.2, -0.15) is 0 Å². The molecule has 2 bridgehead atoms. The molecule has 9 heteroatoms. The number of likely N-dealkylation sites (tertiary alicyclic amines) is 2. The Hall–Kier alpha value is -3.88. The number of fused-ring (bicyclic) bond motifs is 4. The van der Waals surface area contributed by atoms with Gasteiger partial charge < -0.3 is 25.6 Å². The number of nitrogens with zero attached hydrogens (tertiary/aromatic N) is 2. The molecule has 3 aliphatic heterocycles. The van der Waals surface area contributed by atoms with Gasteiger partial charge in [-0.05, 0) is 24.1 Å². The summed E-state index contributed by atoms with van der Waals surface area (Å²) >= 11 is 0. The molecular formula is C27H30N4O5. The molecule has 3 aliphatic rings. The predicted octanol–water partition coefficient (Wildman–Crippen LogP) is 1.38. The lowest BCUT2D eigenvalue weighted by molar-refractivity contribution is -0.175. The number of para-hydroxylation sites is 1. The van der Waals surface area contributed by atoms with Crippen LogP contribution in [0.25, 0.3) is 0 Å². The van der Waals surface area contributed by atoms with Gasteiger partial charge in [-0.15, -0.1) is 0 Å². The van der Waals surface area contributed by atoms with Crippen LogP contribution in [0.3, 0.4) is 0 Å². The Balaban J connectivity index is 1.22. The lowest BCUT2D eigenvalue weighted by Gasteiger charge is -2.52. The smallest absolute Gasteiger partial charge is 0.238 e. The van der Waals surface area contributed by atoms with Gasteiger partial charge in [-0.1, -0.05) is 48.5 Å². The Morgan fingerprint density at radius 2 is 1.83 bits per heavy atom. The third kappa shape index (κ3) is 4.29. The number of nitrogens with one attached hydrogen (secondary N) is 1. The number of carbonyl (C=O) groups is 4. The number of hydrogen-bond donors (Lipinski definition) is 2. The maximum Gasteiger partial charge on any atom is 0.238 e. The van der Waals surface area contributed by atoms with Gasteiger partial charge in [0.15, 0.2) is 5.72 Å². The van der Waals surface area contributed by atoms with Gasteiger partial charge in [0.25, 0.3) is 0 Å². The first-order valence-electron chi connectivity index (χ1n) is 12.2.